The molecule has 0 unspecified atom stereocenters. The molecule has 2 aromatic rings. The van der Waals surface area contributed by atoms with Crippen molar-refractivity contribution in [3.05, 3.63) is 41.4 Å². The van der Waals surface area contributed by atoms with Gasteiger partial charge in [0.05, 0.1) is 17.0 Å². The van der Waals surface area contributed by atoms with Crippen molar-refractivity contribution in [1.82, 2.24) is 10.3 Å². The van der Waals surface area contributed by atoms with Gasteiger partial charge in [0.15, 0.2) is 5.13 Å². The largest absolute Gasteiger partial charge is 0.481 e. The van der Waals surface area contributed by atoms with Crippen LogP contribution >= 0.6 is 11.3 Å². The van der Waals surface area contributed by atoms with E-state index in [0.29, 0.717) is 12.1 Å². The van der Waals surface area contributed by atoms with Gasteiger partial charge in [-0.15, -0.1) is 11.3 Å². The number of nitrogens with one attached hydrogen (secondary N) is 2. The summed E-state index contributed by atoms with van der Waals surface area (Å²) in [6.07, 6.45) is 0.333. The predicted octanol–water partition coefficient (Wildman–Crippen LogP) is 1.47. The normalized spacial score (nSPS) is 11.0. The number of rotatable bonds is 9. The minimum Gasteiger partial charge on any atom is -0.481 e. The molecular weight excluding hydrogens is 366 g/mol. The predicted molar refractivity (Wildman–Crippen MR) is 92.9 cm³/mol. The molecule has 0 saturated heterocycles. The van der Waals surface area contributed by atoms with Gasteiger partial charge in [-0.2, -0.15) is 0 Å². The summed E-state index contributed by atoms with van der Waals surface area (Å²) in [4.78, 5) is 26.3. The first-order chi connectivity index (χ1) is 11.9. The molecule has 134 valence electrons. The third-order valence-electron chi connectivity index (χ3n) is 3.06. The van der Waals surface area contributed by atoms with E-state index < -0.39 is 16.0 Å². The number of aromatic nitrogens is 1. The maximum Gasteiger partial charge on any atom is 0.303 e. The summed E-state index contributed by atoms with van der Waals surface area (Å²) in [5.74, 6) is -1.21. The molecule has 0 aliphatic heterocycles. The van der Waals surface area contributed by atoms with Gasteiger partial charge in [-0.1, -0.05) is 18.2 Å². The van der Waals surface area contributed by atoms with E-state index in [1.807, 2.05) is 0 Å². The Morgan fingerprint density at radius 2 is 1.92 bits per heavy atom. The average Bonchev–Trinajstić information content (AvgIpc) is 2.98. The fourth-order valence-electron chi connectivity index (χ4n) is 1.90. The standard InChI is InChI=1S/C15H17N3O5S2/c19-13(16-8-4-7-14(20)21)9-11-10-24-15(17-11)18-25(22,23)12-5-2-1-3-6-12/h1-3,5-6,10H,4,7-9H2,(H,16,19)(H,17,18)(H,20,21). The van der Waals surface area contributed by atoms with Crippen LogP contribution in [-0.2, 0) is 26.0 Å². The number of carbonyl (C=O) groups is 2. The van der Waals surface area contributed by atoms with Gasteiger partial charge in [0.2, 0.25) is 5.91 Å². The molecule has 3 N–H and O–H groups in total. The molecule has 0 fully saturated rings. The molecule has 25 heavy (non-hydrogen) atoms. The van der Waals surface area contributed by atoms with E-state index in [2.05, 4.69) is 15.0 Å². The maximum absolute atomic E-state index is 12.2. The number of hydrogen-bond acceptors (Lipinski definition) is 6. The first kappa shape index (κ1) is 18.9. The number of benzene rings is 1. The molecule has 1 amide bonds. The monoisotopic (exact) mass is 383 g/mol. The highest BCUT2D eigenvalue weighted by atomic mass is 32.2. The number of anilines is 1. The van der Waals surface area contributed by atoms with Gasteiger partial charge in [0.25, 0.3) is 10.0 Å². The minimum absolute atomic E-state index is 0.00334. The van der Waals surface area contributed by atoms with Crippen LogP contribution in [0.2, 0.25) is 0 Å². The Bertz CT molecular complexity index is 834. The van der Waals surface area contributed by atoms with E-state index in [1.165, 1.54) is 12.1 Å². The van der Waals surface area contributed by atoms with Crippen molar-refractivity contribution in [2.75, 3.05) is 11.3 Å². The van der Waals surface area contributed by atoms with Crippen molar-refractivity contribution in [1.29, 1.82) is 0 Å². The van der Waals surface area contributed by atoms with E-state index in [0.717, 1.165) is 11.3 Å². The average molecular weight is 383 g/mol. The first-order valence-electron chi connectivity index (χ1n) is 7.37. The van der Waals surface area contributed by atoms with Gasteiger partial charge in [-0.25, -0.2) is 13.4 Å². The lowest BCUT2D eigenvalue weighted by atomic mass is 10.3. The molecule has 0 radical (unpaired) electrons. The highest BCUT2D eigenvalue weighted by Gasteiger charge is 2.16. The third kappa shape index (κ3) is 6.16. The van der Waals surface area contributed by atoms with Crippen LogP contribution in [0.4, 0.5) is 5.13 Å². The molecular formula is C15H17N3O5S2. The Kier molecular flexibility index (Phi) is 6.48. The van der Waals surface area contributed by atoms with E-state index in [-0.39, 0.29) is 35.3 Å². The molecule has 0 atom stereocenters. The molecule has 0 aliphatic carbocycles. The molecule has 1 aromatic heterocycles. The van der Waals surface area contributed by atoms with Crippen LogP contribution in [-0.4, -0.2) is 36.9 Å². The van der Waals surface area contributed by atoms with Crippen molar-refractivity contribution >= 4 is 38.4 Å². The van der Waals surface area contributed by atoms with E-state index >= 15 is 0 Å². The maximum atomic E-state index is 12.2. The van der Waals surface area contributed by atoms with E-state index in [9.17, 15) is 18.0 Å². The molecule has 1 heterocycles. The molecule has 8 nitrogen and oxygen atoms in total. The SMILES string of the molecule is O=C(O)CCCNC(=O)Cc1csc(NS(=O)(=O)c2ccccc2)n1. The Balaban J connectivity index is 1.88. The first-order valence-corrected chi connectivity index (χ1v) is 9.74. The number of hydrogen-bond donors (Lipinski definition) is 3. The van der Waals surface area contributed by atoms with Crippen LogP contribution in [0.25, 0.3) is 0 Å². The molecule has 2 rings (SSSR count). The van der Waals surface area contributed by atoms with Crippen LogP contribution in [0.5, 0.6) is 0 Å². The molecule has 0 bridgehead atoms. The lowest BCUT2D eigenvalue weighted by Crippen LogP contribution is -2.26. The number of carbonyl (C=O) groups excluding carboxylic acids is 1. The van der Waals surface area contributed by atoms with Crippen LogP contribution in [0.1, 0.15) is 18.5 Å². The van der Waals surface area contributed by atoms with Gasteiger partial charge < -0.3 is 10.4 Å². The van der Waals surface area contributed by atoms with Gasteiger partial charge in [0, 0.05) is 18.3 Å². The molecule has 10 heteroatoms. The molecule has 1 aromatic carbocycles. The van der Waals surface area contributed by atoms with Gasteiger partial charge in [-0.3, -0.25) is 14.3 Å². The Labute approximate surface area is 149 Å². The van der Waals surface area contributed by atoms with Gasteiger partial charge in [0.1, 0.15) is 0 Å². The second-order valence-electron chi connectivity index (χ2n) is 5.09. The number of thiazole rings is 1. The Morgan fingerprint density at radius 1 is 1.20 bits per heavy atom. The minimum atomic E-state index is -3.71. The van der Waals surface area contributed by atoms with E-state index in [1.54, 1.807) is 23.6 Å². The second-order valence-corrected chi connectivity index (χ2v) is 7.63. The van der Waals surface area contributed by atoms with Gasteiger partial charge in [-0.05, 0) is 18.6 Å². The zero-order valence-electron chi connectivity index (χ0n) is 13.1. The summed E-state index contributed by atoms with van der Waals surface area (Å²) in [6.45, 7) is 0.267. The van der Waals surface area contributed by atoms with Crippen molar-refractivity contribution in [3.8, 4) is 0 Å². The fourth-order valence-corrected chi connectivity index (χ4v) is 3.89. The quantitative estimate of drug-likeness (QED) is 0.563. The number of carboxylic acid groups (broad SMARTS) is 1. The molecule has 0 saturated carbocycles. The number of nitrogens with zero attached hydrogens (tertiary/aromatic N) is 1. The van der Waals surface area contributed by atoms with Crippen LogP contribution < -0.4 is 10.0 Å². The zero-order chi connectivity index (χ0) is 18.3. The van der Waals surface area contributed by atoms with Crippen molar-refractivity contribution in [2.24, 2.45) is 0 Å². The topological polar surface area (TPSA) is 125 Å². The summed E-state index contributed by atoms with van der Waals surface area (Å²) < 4.78 is 26.8. The second kappa shape index (κ2) is 8.58. The lowest BCUT2D eigenvalue weighted by Gasteiger charge is -2.04. The van der Waals surface area contributed by atoms with Crippen molar-refractivity contribution in [2.45, 2.75) is 24.2 Å². The summed E-state index contributed by atoms with van der Waals surface area (Å²) in [7, 11) is -3.71. The summed E-state index contributed by atoms with van der Waals surface area (Å²) >= 11 is 1.09. The van der Waals surface area contributed by atoms with E-state index in [4.69, 9.17) is 5.11 Å². The highest BCUT2D eigenvalue weighted by molar-refractivity contribution is 7.93. The highest BCUT2D eigenvalue weighted by Crippen LogP contribution is 2.20. The van der Waals surface area contributed by atoms with Crippen LogP contribution in [0, 0.1) is 0 Å². The third-order valence-corrected chi connectivity index (χ3v) is 5.35. The molecule has 0 spiro atoms. The number of carboxylic acids is 1. The summed E-state index contributed by atoms with van der Waals surface area (Å²) in [5, 5.41) is 12.9. The Morgan fingerprint density at radius 3 is 2.60 bits per heavy atom. The fraction of sp³-hybridized carbons (Fsp3) is 0.267. The van der Waals surface area contributed by atoms with Gasteiger partial charge >= 0.3 is 5.97 Å². The number of sulfonamides is 1. The number of aliphatic carboxylic acids is 1. The Hall–Kier alpha value is -2.46. The summed E-state index contributed by atoms with van der Waals surface area (Å²) in [6, 6.07) is 7.91. The van der Waals surface area contributed by atoms with Crippen LogP contribution in [0.15, 0.2) is 40.6 Å². The van der Waals surface area contributed by atoms with Crippen molar-refractivity contribution in [3.63, 3.8) is 0 Å². The zero-order valence-corrected chi connectivity index (χ0v) is 14.8. The smallest absolute Gasteiger partial charge is 0.303 e. The number of amides is 1. The lowest BCUT2D eigenvalue weighted by molar-refractivity contribution is -0.137. The van der Waals surface area contributed by atoms with Crippen LogP contribution in [0.3, 0.4) is 0 Å². The summed E-state index contributed by atoms with van der Waals surface area (Å²) in [5.41, 5.74) is 0.437. The van der Waals surface area contributed by atoms with Crippen molar-refractivity contribution < 1.29 is 23.1 Å². The molecule has 0 aliphatic rings.